The molecule has 1 aromatic carbocycles. The first-order chi connectivity index (χ1) is 12.4. The molecule has 6 nitrogen and oxygen atoms in total. The molecule has 0 unspecified atom stereocenters. The zero-order valence-electron chi connectivity index (χ0n) is 14.4. The van der Waals surface area contributed by atoms with Crippen molar-refractivity contribution in [1.29, 1.82) is 0 Å². The molecular weight excluding hydrogens is 359 g/mol. The topological polar surface area (TPSA) is 58.4 Å². The van der Waals surface area contributed by atoms with Crippen molar-refractivity contribution in [1.82, 2.24) is 19.6 Å². The van der Waals surface area contributed by atoms with Crippen molar-refractivity contribution in [2.24, 2.45) is 5.92 Å². The molecule has 138 valence electrons. The highest BCUT2D eigenvalue weighted by molar-refractivity contribution is 6.30. The molecule has 1 aromatic heterocycles. The number of nitrogens with zero attached hydrogens (tertiary/aromatic N) is 4. The van der Waals surface area contributed by atoms with Crippen LogP contribution in [-0.4, -0.2) is 57.6 Å². The van der Waals surface area contributed by atoms with E-state index < -0.39 is 5.82 Å². The Morgan fingerprint density at radius 2 is 1.92 bits per heavy atom. The van der Waals surface area contributed by atoms with E-state index in [0.29, 0.717) is 43.3 Å². The Kier molecular flexibility index (Phi) is 5.56. The second kappa shape index (κ2) is 7.86. The van der Waals surface area contributed by atoms with Crippen molar-refractivity contribution in [3.05, 3.63) is 53.1 Å². The Balaban J connectivity index is 1.54. The average molecular weight is 379 g/mol. The van der Waals surface area contributed by atoms with Gasteiger partial charge in [0.1, 0.15) is 5.82 Å². The smallest absolute Gasteiger partial charge is 0.254 e. The van der Waals surface area contributed by atoms with E-state index in [0.717, 1.165) is 0 Å². The average Bonchev–Trinajstić information content (AvgIpc) is 3.05. The highest BCUT2D eigenvalue weighted by Gasteiger charge is 2.27. The van der Waals surface area contributed by atoms with Crippen molar-refractivity contribution in [2.45, 2.75) is 13.5 Å². The fraction of sp³-hybridized carbons (Fsp3) is 0.389. The van der Waals surface area contributed by atoms with Gasteiger partial charge in [-0.2, -0.15) is 5.10 Å². The predicted octanol–water partition coefficient (Wildman–Crippen LogP) is 2.30. The molecule has 1 atom stereocenters. The van der Waals surface area contributed by atoms with Crippen LogP contribution in [-0.2, 0) is 11.3 Å². The summed E-state index contributed by atoms with van der Waals surface area (Å²) in [5.74, 6) is -0.862. The van der Waals surface area contributed by atoms with Crippen LogP contribution in [0, 0.1) is 11.7 Å². The molecule has 2 aromatic rings. The maximum Gasteiger partial charge on any atom is 0.254 e. The van der Waals surface area contributed by atoms with E-state index in [1.807, 2.05) is 6.92 Å². The third-order valence-electron chi connectivity index (χ3n) is 4.43. The van der Waals surface area contributed by atoms with Gasteiger partial charge in [0.15, 0.2) is 0 Å². The Hall–Kier alpha value is -2.41. The van der Waals surface area contributed by atoms with E-state index in [-0.39, 0.29) is 17.7 Å². The number of amides is 2. The molecule has 0 N–H and O–H groups in total. The zero-order valence-corrected chi connectivity index (χ0v) is 15.2. The van der Waals surface area contributed by atoms with Gasteiger partial charge in [-0.3, -0.25) is 14.3 Å². The normalized spacial score (nSPS) is 15.8. The molecule has 1 aliphatic rings. The van der Waals surface area contributed by atoms with Gasteiger partial charge in [-0.15, -0.1) is 0 Å². The molecule has 0 spiro atoms. The molecule has 8 heteroatoms. The fourth-order valence-corrected chi connectivity index (χ4v) is 3.20. The highest BCUT2D eigenvalue weighted by atomic mass is 35.5. The quantitative estimate of drug-likeness (QED) is 0.820. The van der Waals surface area contributed by atoms with Crippen molar-refractivity contribution in [3.8, 4) is 0 Å². The Morgan fingerprint density at radius 3 is 2.54 bits per heavy atom. The lowest BCUT2D eigenvalue weighted by molar-refractivity contribution is -0.137. The molecule has 1 fully saturated rings. The van der Waals surface area contributed by atoms with Crippen molar-refractivity contribution >= 4 is 23.4 Å². The van der Waals surface area contributed by atoms with Crippen LogP contribution in [0.15, 0.2) is 36.7 Å². The Labute approximate surface area is 156 Å². The van der Waals surface area contributed by atoms with Crippen LogP contribution in [0.3, 0.4) is 0 Å². The first-order valence-electron chi connectivity index (χ1n) is 8.45. The third-order valence-corrected chi connectivity index (χ3v) is 4.63. The summed E-state index contributed by atoms with van der Waals surface area (Å²) in [4.78, 5) is 28.4. The van der Waals surface area contributed by atoms with Crippen LogP contribution < -0.4 is 0 Å². The van der Waals surface area contributed by atoms with Crippen LogP contribution in [0.5, 0.6) is 0 Å². The van der Waals surface area contributed by atoms with Crippen molar-refractivity contribution in [2.75, 3.05) is 26.2 Å². The second-order valence-corrected chi connectivity index (χ2v) is 6.85. The van der Waals surface area contributed by atoms with Gasteiger partial charge in [-0.25, -0.2) is 4.39 Å². The maximum atomic E-state index is 13.3. The highest BCUT2D eigenvalue weighted by Crippen LogP contribution is 2.14. The number of rotatable bonds is 4. The molecule has 2 amide bonds. The van der Waals surface area contributed by atoms with Gasteiger partial charge < -0.3 is 9.80 Å². The Morgan fingerprint density at radius 1 is 1.23 bits per heavy atom. The molecular formula is C18H20ClFN4O2. The van der Waals surface area contributed by atoms with Crippen LogP contribution in [0.4, 0.5) is 4.39 Å². The molecule has 1 aliphatic heterocycles. The van der Waals surface area contributed by atoms with E-state index in [9.17, 15) is 14.0 Å². The lowest BCUT2D eigenvalue weighted by Crippen LogP contribution is -2.52. The number of benzene rings is 1. The zero-order chi connectivity index (χ0) is 18.7. The van der Waals surface area contributed by atoms with E-state index in [2.05, 4.69) is 5.10 Å². The van der Waals surface area contributed by atoms with Gasteiger partial charge in [0.05, 0.1) is 23.7 Å². The monoisotopic (exact) mass is 378 g/mol. The summed E-state index contributed by atoms with van der Waals surface area (Å²) in [6.07, 6.45) is 3.22. The maximum absolute atomic E-state index is 13.3. The summed E-state index contributed by atoms with van der Waals surface area (Å²) in [7, 11) is 0. The van der Waals surface area contributed by atoms with E-state index in [1.54, 1.807) is 26.7 Å². The van der Waals surface area contributed by atoms with Crippen LogP contribution in [0.2, 0.25) is 5.02 Å². The molecule has 0 aliphatic carbocycles. The second-order valence-electron chi connectivity index (χ2n) is 6.41. The fourth-order valence-electron chi connectivity index (χ4n) is 3.04. The first kappa shape index (κ1) is 18.4. The van der Waals surface area contributed by atoms with Crippen molar-refractivity contribution in [3.63, 3.8) is 0 Å². The molecule has 26 heavy (non-hydrogen) atoms. The number of carbonyl (C=O) groups is 2. The van der Waals surface area contributed by atoms with Gasteiger partial charge >= 0.3 is 0 Å². The third kappa shape index (κ3) is 4.22. The summed E-state index contributed by atoms with van der Waals surface area (Å²) in [5.41, 5.74) is 0.328. The number of carbonyl (C=O) groups excluding carboxylic acids is 2. The largest absolute Gasteiger partial charge is 0.339 e. The van der Waals surface area contributed by atoms with Crippen LogP contribution in [0.25, 0.3) is 0 Å². The minimum absolute atomic E-state index is 0.0227. The van der Waals surface area contributed by atoms with Crippen LogP contribution in [0.1, 0.15) is 17.3 Å². The molecule has 1 saturated heterocycles. The molecule has 0 radical (unpaired) electrons. The molecule has 3 rings (SSSR count). The van der Waals surface area contributed by atoms with E-state index >= 15 is 0 Å². The number of hydrogen-bond acceptors (Lipinski definition) is 3. The SMILES string of the molecule is C[C@@H](Cn1cc(Cl)cn1)C(=O)N1CCN(C(=O)c2cccc(F)c2)CC1. The minimum atomic E-state index is -0.433. The summed E-state index contributed by atoms with van der Waals surface area (Å²) in [5, 5.41) is 4.63. The standard InChI is InChI=1S/C18H20ClFN4O2/c1-13(11-24-12-15(19)10-21-24)17(25)22-5-7-23(8-6-22)18(26)14-3-2-4-16(20)9-14/h2-4,9-10,12-13H,5-8,11H2,1H3/t13-/m0/s1. The number of aromatic nitrogens is 2. The predicted molar refractivity (Wildman–Crippen MR) is 95.3 cm³/mol. The minimum Gasteiger partial charge on any atom is -0.339 e. The van der Waals surface area contributed by atoms with E-state index in [4.69, 9.17) is 11.6 Å². The molecule has 0 bridgehead atoms. The summed E-state index contributed by atoms with van der Waals surface area (Å²) in [6, 6.07) is 5.66. The summed E-state index contributed by atoms with van der Waals surface area (Å²) < 4.78 is 14.9. The Bertz CT molecular complexity index is 802. The molecule has 0 saturated carbocycles. The van der Waals surface area contributed by atoms with Crippen molar-refractivity contribution < 1.29 is 14.0 Å². The summed E-state index contributed by atoms with van der Waals surface area (Å²) in [6.45, 7) is 4.09. The number of piperazine rings is 1. The first-order valence-corrected chi connectivity index (χ1v) is 8.83. The van der Waals surface area contributed by atoms with Gasteiger partial charge in [-0.05, 0) is 18.2 Å². The lowest BCUT2D eigenvalue weighted by atomic mass is 10.1. The number of halogens is 2. The van der Waals surface area contributed by atoms with Crippen LogP contribution >= 0.6 is 11.6 Å². The lowest BCUT2D eigenvalue weighted by Gasteiger charge is -2.36. The van der Waals surface area contributed by atoms with Gasteiger partial charge in [0, 0.05) is 37.9 Å². The molecule has 2 heterocycles. The number of hydrogen-bond donors (Lipinski definition) is 0. The van der Waals surface area contributed by atoms with Gasteiger partial charge in [0.25, 0.3) is 5.91 Å². The van der Waals surface area contributed by atoms with Gasteiger partial charge in [0.2, 0.25) is 5.91 Å². The van der Waals surface area contributed by atoms with Gasteiger partial charge in [-0.1, -0.05) is 24.6 Å². The van der Waals surface area contributed by atoms with E-state index in [1.165, 1.54) is 24.4 Å². The summed E-state index contributed by atoms with van der Waals surface area (Å²) >= 11 is 5.84.